The minimum atomic E-state index is -0.837. The number of ether oxygens (including phenoxy) is 1. The van der Waals surface area contributed by atoms with Crippen molar-refractivity contribution in [2.45, 2.75) is 25.8 Å². The number of nitrogens with one attached hydrogen (secondary N) is 2. The average molecular weight is 499 g/mol. The van der Waals surface area contributed by atoms with Crippen LogP contribution in [0.15, 0.2) is 60.8 Å². The van der Waals surface area contributed by atoms with E-state index in [1.165, 1.54) is 18.2 Å². The Labute approximate surface area is 206 Å². The van der Waals surface area contributed by atoms with E-state index in [-0.39, 0.29) is 34.1 Å². The number of aromatic amines is 1. The number of hydrogen-bond donors (Lipinski definition) is 3. The van der Waals surface area contributed by atoms with Crippen molar-refractivity contribution in [2.24, 2.45) is 0 Å². The Morgan fingerprint density at radius 2 is 1.89 bits per heavy atom. The standard InChI is InChI=1S/C27H25ClF2N2O3/c1-2-9-35-25-8-7-16(26-22(29)12-18(28)13-23(26)30)11-21(25)27(34)32-19(15-33)10-17-14-31-24-6-4-3-5-20(17)24/h3-8,11-14,19,31,33H,2,9-10,15H2,1H3,(H,32,34)/t19-/m1/s1. The summed E-state index contributed by atoms with van der Waals surface area (Å²) in [6.45, 7) is 1.99. The van der Waals surface area contributed by atoms with Crippen LogP contribution < -0.4 is 10.1 Å². The highest BCUT2D eigenvalue weighted by Crippen LogP contribution is 2.32. The Bertz CT molecular complexity index is 1330. The van der Waals surface area contributed by atoms with Crippen molar-refractivity contribution in [1.29, 1.82) is 0 Å². The van der Waals surface area contributed by atoms with Crippen LogP contribution in [0.5, 0.6) is 5.75 Å². The van der Waals surface area contributed by atoms with Gasteiger partial charge in [-0.25, -0.2) is 8.78 Å². The molecule has 1 heterocycles. The summed E-state index contributed by atoms with van der Waals surface area (Å²) < 4.78 is 34.8. The topological polar surface area (TPSA) is 74.3 Å². The molecule has 0 aliphatic heterocycles. The largest absolute Gasteiger partial charge is 0.493 e. The van der Waals surface area contributed by atoms with Gasteiger partial charge in [0.05, 0.1) is 30.4 Å². The molecule has 0 unspecified atom stereocenters. The van der Waals surface area contributed by atoms with Crippen molar-refractivity contribution in [2.75, 3.05) is 13.2 Å². The molecule has 1 aromatic heterocycles. The molecule has 0 aliphatic rings. The molecule has 0 saturated heterocycles. The van der Waals surface area contributed by atoms with Crippen LogP contribution in [0.25, 0.3) is 22.0 Å². The van der Waals surface area contributed by atoms with Gasteiger partial charge in [-0.15, -0.1) is 0 Å². The molecule has 35 heavy (non-hydrogen) atoms. The summed E-state index contributed by atoms with van der Waals surface area (Å²) in [5.74, 6) is -1.91. The zero-order valence-corrected chi connectivity index (χ0v) is 19.8. The average Bonchev–Trinajstić information content (AvgIpc) is 3.24. The summed E-state index contributed by atoms with van der Waals surface area (Å²) in [5.41, 5.74) is 1.90. The van der Waals surface area contributed by atoms with Crippen LogP contribution in [0.1, 0.15) is 29.3 Å². The molecule has 0 aliphatic carbocycles. The molecule has 3 N–H and O–H groups in total. The molecule has 8 heteroatoms. The van der Waals surface area contributed by atoms with Gasteiger partial charge in [-0.1, -0.05) is 42.8 Å². The lowest BCUT2D eigenvalue weighted by molar-refractivity contribution is 0.0912. The van der Waals surface area contributed by atoms with Crippen molar-refractivity contribution in [3.8, 4) is 16.9 Å². The number of aliphatic hydroxyl groups excluding tert-OH is 1. The van der Waals surface area contributed by atoms with E-state index < -0.39 is 23.6 Å². The number of H-pyrrole nitrogens is 1. The second-order valence-corrected chi connectivity index (χ2v) is 8.66. The first-order valence-corrected chi connectivity index (χ1v) is 11.7. The molecular formula is C27H25ClF2N2O3. The summed E-state index contributed by atoms with van der Waals surface area (Å²) in [7, 11) is 0. The van der Waals surface area contributed by atoms with Crippen LogP contribution >= 0.6 is 11.6 Å². The third-order valence-electron chi connectivity index (χ3n) is 5.68. The van der Waals surface area contributed by atoms with Gasteiger partial charge >= 0.3 is 0 Å². The molecule has 5 nitrogen and oxygen atoms in total. The van der Waals surface area contributed by atoms with Gasteiger partial charge in [0, 0.05) is 22.1 Å². The number of carbonyl (C=O) groups excluding carboxylic acids is 1. The van der Waals surface area contributed by atoms with E-state index >= 15 is 0 Å². The Morgan fingerprint density at radius 3 is 2.60 bits per heavy atom. The smallest absolute Gasteiger partial charge is 0.255 e. The van der Waals surface area contributed by atoms with E-state index in [1.807, 2.05) is 37.4 Å². The van der Waals surface area contributed by atoms with Crippen molar-refractivity contribution in [3.63, 3.8) is 0 Å². The predicted molar refractivity (Wildman–Crippen MR) is 133 cm³/mol. The number of carbonyl (C=O) groups is 1. The third-order valence-corrected chi connectivity index (χ3v) is 5.90. The van der Waals surface area contributed by atoms with Gasteiger partial charge in [0.25, 0.3) is 5.91 Å². The fourth-order valence-corrected chi connectivity index (χ4v) is 4.20. The van der Waals surface area contributed by atoms with E-state index in [4.69, 9.17) is 16.3 Å². The second-order valence-electron chi connectivity index (χ2n) is 8.22. The first-order valence-electron chi connectivity index (χ1n) is 11.3. The second kappa shape index (κ2) is 10.9. The molecule has 0 bridgehead atoms. The van der Waals surface area contributed by atoms with Crippen LogP contribution in [0.2, 0.25) is 5.02 Å². The monoisotopic (exact) mass is 498 g/mol. The Hall–Kier alpha value is -3.42. The molecule has 1 amide bonds. The predicted octanol–water partition coefficient (Wildman–Crippen LogP) is 5.89. The summed E-state index contributed by atoms with van der Waals surface area (Å²) in [5, 5.41) is 13.7. The highest BCUT2D eigenvalue weighted by molar-refractivity contribution is 6.30. The molecule has 4 rings (SSSR count). The van der Waals surface area contributed by atoms with E-state index in [0.717, 1.165) is 28.6 Å². The molecule has 0 saturated carbocycles. The quantitative estimate of drug-likeness (QED) is 0.269. The lowest BCUT2D eigenvalue weighted by Crippen LogP contribution is -2.39. The van der Waals surface area contributed by atoms with Gasteiger partial charge in [-0.2, -0.15) is 0 Å². The Kier molecular flexibility index (Phi) is 7.68. The number of benzene rings is 3. The van der Waals surface area contributed by atoms with E-state index in [9.17, 15) is 18.7 Å². The number of fused-ring (bicyclic) bond motifs is 1. The number of aliphatic hydroxyl groups is 1. The number of halogens is 3. The van der Waals surface area contributed by atoms with Crippen LogP contribution in [0.4, 0.5) is 8.78 Å². The SMILES string of the molecule is CCCOc1ccc(-c2c(F)cc(Cl)cc2F)cc1C(=O)N[C@@H](CO)Cc1c[nH]c2ccccc12. The van der Waals surface area contributed by atoms with Gasteiger partial charge < -0.3 is 20.1 Å². The molecule has 1 atom stereocenters. The zero-order valence-electron chi connectivity index (χ0n) is 19.1. The Balaban J connectivity index is 1.64. The first-order chi connectivity index (χ1) is 16.9. The lowest BCUT2D eigenvalue weighted by atomic mass is 10.00. The third kappa shape index (κ3) is 5.47. The number of para-hydroxylation sites is 1. The lowest BCUT2D eigenvalue weighted by Gasteiger charge is -2.18. The maximum atomic E-state index is 14.5. The first kappa shape index (κ1) is 24.7. The van der Waals surface area contributed by atoms with E-state index in [0.29, 0.717) is 19.4 Å². The number of amides is 1. The van der Waals surface area contributed by atoms with Crippen LogP contribution in [0, 0.1) is 11.6 Å². The summed E-state index contributed by atoms with van der Waals surface area (Å²) in [4.78, 5) is 16.5. The minimum Gasteiger partial charge on any atom is -0.493 e. The fraction of sp³-hybridized carbons (Fsp3) is 0.222. The highest BCUT2D eigenvalue weighted by atomic mass is 35.5. The van der Waals surface area contributed by atoms with Crippen molar-refractivity contribution in [1.82, 2.24) is 10.3 Å². The Morgan fingerprint density at radius 1 is 1.14 bits per heavy atom. The molecule has 182 valence electrons. The molecule has 3 aromatic carbocycles. The number of aromatic nitrogens is 1. The normalized spacial score (nSPS) is 12.0. The van der Waals surface area contributed by atoms with Gasteiger partial charge in [0.2, 0.25) is 0 Å². The highest BCUT2D eigenvalue weighted by Gasteiger charge is 2.21. The molecule has 0 spiro atoms. The van der Waals surface area contributed by atoms with Crippen molar-refractivity contribution >= 4 is 28.4 Å². The van der Waals surface area contributed by atoms with E-state index in [1.54, 1.807) is 0 Å². The van der Waals surface area contributed by atoms with E-state index in [2.05, 4.69) is 10.3 Å². The van der Waals surface area contributed by atoms with Crippen molar-refractivity contribution < 1.29 is 23.4 Å². The molecule has 0 radical (unpaired) electrons. The minimum absolute atomic E-state index is 0.0623. The number of rotatable bonds is 9. The maximum Gasteiger partial charge on any atom is 0.255 e. The van der Waals surface area contributed by atoms with Gasteiger partial charge in [-0.3, -0.25) is 4.79 Å². The van der Waals surface area contributed by atoms with Gasteiger partial charge in [0.1, 0.15) is 17.4 Å². The molecule has 0 fully saturated rings. The van der Waals surface area contributed by atoms with Crippen LogP contribution in [0.3, 0.4) is 0 Å². The maximum absolute atomic E-state index is 14.5. The number of hydrogen-bond acceptors (Lipinski definition) is 3. The van der Waals surface area contributed by atoms with Gasteiger partial charge in [-0.05, 0) is 54.3 Å². The summed E-state index contributed by atoms with van der Waals surface area (Å²) >= 11 is 5.75. The van der Waals surface area contributed by atoms with Gasteiger partial charge in [0.15, 0.2) is 0 Å². The van der Waals surface area contributed by atoms with Crippen molar-refractivity contribution in [3.05, 3.63) is 88.6 Å². The summed E-state index contributed by atoms with van der Waals surface area (Å²) in [6.07, 6.45) is 2.95. The van der Waals surface area contributed by atoms with Crippen LogP contribution in [-0.2, 0) is 6.42 Å². The zero-order chi connectivity index (χ0) is 24.9. The van der Waals surface area contributed by atoms with Crippen LogP contribution in [-0.4, -0.2) is 35.3 Å². The molecule has 4 aromatic rings. The fourth-order valence-electron chi connectivity index (χ4n) is 4.01. The molecular weight excluding hydrogens is 474 g/mol. The summed E-state index contributed by atoms with van der Waals surface area (Å²) in [6, 6.07) is 13.6.